The van der Waals surface area contributed by atoms with E-state index in [1.165, 1.54) is 35.5 Å². The zero-order chi connectivity index (χ0) is 20.0. The van der Waals surface area contributed by atoms with Gasteiger partial charge in [0.05, 0.1) is 0 Å². The summed E-state index contributed by atoms with van der Waals surface area (Å²) in [5, 5.41) is 13.6. The van der Waals surface area contributed by atoms with Crippen molar-refractivity contribution >= 4 is 35.4 Å². The van der Waals surface area contributed by atoms with Crippen molar-refractivity contribution in [3.8, 4) is 0 Å². The van der Waals surface area contributed by atoms with Gasteiger partial charge in [0.25, 0.3) is 5.91 Å². The fraction of sp³-hybridized carbons (Fsp3) is 0.667. The molecule has 1 fully saturated rings. The van der Waals surface area contributed by atoms with Crippen molar-refractivity contribution in [1.29, 1.82) is 0 Å². The van der Waals surface area contributed by atoms with E-state index in [2.05, 4.69) is 20.6 Å². The highest BCUT2D eigenvalue weighted by Gasteiger charge is 2.64. The molecule has 0 bridgehead atoms. The molecule has 0 spiro atoms. The number of ether oxygens (including phenoxy) is 2. The van der Waals surface area contributed by atoms with Gasteiger partial charge in [0.15, 0.2) is 0 Å². The van der Waals surface area contributed by atoms with Gasteiger partial charge in [-0.05, 0) is 38.5 Å². The van der Waals surface area contributed by atoms with Crippen LogP contribution in [0.4, 0.5) is 0 Å². The smallest absolute Gasteiger partial charge is 0.355 e. The topological polar surface area (TPSA) is 136 Å². The first-order chi connectivity index (χ1) is 12.6. The Balaban J connectivity index is 1.97. The molecule has 27 heavy (non-hydrogen) atoms. The van der Waals surface area contributed by atoms with E-state index >= 15 is 0 Å². The van der Waals surface area contributed by atoms with Crippen LogP contribution in [0.3, 0.4) is 0 Å². The number of nitrogens with zero attached hydrogens (tertiary/aromatic N) is 4. The minimum atomic E-state index is -1.44. The molecule has 3 N–H and O–H groups in total. The predicted octanol–water partition coefficient (Wildman–Crippen LogP) is 0.493. The summed E-state index contributed by atoms with van der Waals surface area (Å²) in [5.41, 5.74) is 4.92. The quantitative estimate of drug-likeness (QED) is 0.303. The zero-order valence-corrected chi connectivity index (χ0v) is 17.3. The fourth-order valence-electron chi connectivity index (χ4n) is 2.82. The standard InChI is InChI=1S/C15H22N6O4S2/c1-7(27-13-17-19-20-18-13)8-6-26-12-15(16,24-5)11(23)21(12)9(8)10(22)25-14(2,3)4/h7,12H,6,16H2,1-5H3,(H,17,18,19,20)/t7?,12-,15-/m0/s1. The number of H-pyrrole nitrogens is 1. The van der Waals surface area contributed by atoms with E-state index in [1.54, 1.807) is 20.8 Å². The molecule has 3 atom stereocenters. The van der Waals surface area contributed by atoms with Crippen LogP contribution in [0.1, 0.15) is 27.7 Å². The Kier molecular flexibility index (Phi) is 5.27. The molecule has 1 aromatic rings. The van der Waals surface area contributed by atoms with Crippen LogP contribution in [0.25, 0.3) is 0 Å². The molecule has 3 rings (SSSR count). The minimum Gasteiger partial charge on any atom is -0.455 e. The van der Waals surface area contributed by atoms with E-state index in [0.717, 1.165) is 5.57 Å². The number of carbonyl (C=O) groups excluding carboxylic acids is 2. The average molecular weight is 415 g/mol. The SMILES string of the molecule is CO[C@@]1(N)C(=O)N2C(C(=O)OC(C)(C)C)=C(C(C)Sc3nn[nH]n3)CS[C@H]21. The van der Waals surface area contributed by atoms with Gasteiger partial charge in [-0.25, -0.2) is 4.79 Å². The molecule has 1 aromatic heterocycles. The van der Waals surface area contributed by atoms with E-state index in [9.17, 15) is 9.59 Å². The van der Waals surface area contributed by atoms with Gasteiger partial charge in [-0.3, -0.25) is 15.4 Å². The lowest BCUT2D eigenvalue weighted by atomic mass is 9.98. The van der Waals surface area contributed by atoms with E-state index < -0.39 is 28.6 Å². The van der Waals surface area contributed by atoms with Gasteiger partial charge in [0.1, 0.15) is 16.7 Å². The molecule has 1 unspecified atom stereocenters. The number of nitrogens with one attached hydrogen (secondary N) is 1. The van der Waals surface area contributed by atoms with Crippen LogP contribution >= 0.6 is 23.5 Å². The normalized spacial score (nSPS) is 26.5. The Morgan fingerprint density at radius 1 is 1.52 bits per heavy atom. The third-order valence-corrected chi connectivity index (χ3v) is 6.50. The Morgan fingerprint density at radius 2 is 2.22 bits per heavy atom. The summed E-state index contributed by atoms with van der Waals surface area (Å²) in [5.74, 6) is -0.524. The number of aromatic amines is 1. The van der Waals surface area contributed by atoms with Crippen molar-refractivity contribution < 1.29 is 19.1 Å². The number of rotatable bonds is 5. The molecular formula is C15H22N6O4S2. The minimum absolute atomic E-state index is 0.179. The van der Waals surface area contributed by atoms with Crippen LogP contribution < -0.4 is 5.73 Å². The molecule has 1 saturated heterocycles. The number of carbonyl (C=O) groups is 2. The average Bonchev–Trinajstić information content (AvgIpc) is 3.10. The molecule has 1 amide bonds. The fourth-order valence-corrected chi connectivity index (χ4v) is 5.28. The van der Waals surface area contributed by atoms with Crippen LogP contribution in [0.5, 0.6) is 0 Å². The lowest BCUT2D eigenvalue weighted by Crippen LogP contribution is -2.79. The number of hydrogen-bond donors (Lipinski definition) is 2. The highest BCUT2D eigenvalue weighted by atomic mass is 32.2. The Hall–Kier alpha value is -1.63. The second-order valence-corrected chi connectivity index (χ2v) is 9.54. The predicted molar refractivity (Wildman–Crippen MR) is 99.4 cm³/mol. The van der Waals surface area contributed by atoms with Crippen molar-refractivity contribution in [2.75, 3.05) is 12.9 Å². The third kappa shape index (κ3) is 3.58. The maximum absolute atomic E-state index is 12.9. The Bertz CT molecular complexity index is 778. The molecule has 148 valence electrons. The number of tetrazole rings is 1. The van der Waals surface area contributed by atoms with Crippen molar-refractivity contribution in [3.05, 3.63) is 11.3 Å². The van der Waals surface area contributed by atoms with Gasteiger partial charge in [0.2, 0.25) is 10.9 Å². The number of thioether (sulfide) groups is 2. The first-order valence-corrected chi connectivity index (χ1v) is 10.2. The molecule has 2 aliphatic heterocycles. The first-order valence-electron chi connectivity index (χ1n) is 8.24. The summed E-state index contributed by atoms with van der Waals surface area (Å²) < 4.78 is 10.8. The van der Waals surface area contributed by atoms with Gasteiger partial charge in [-0.1, -0.05) is 11.8 Å². The maximum Gasteiger partial charge on any atom is 0.355 e. The maximum atomic E-state index is 12.9. The van der Waals surface area contributed by atoms with E-state index in [1.807, 2.05) is 6.92 Å². The largest absolute Gasteiger partial charge is 0.455 e. The second kappa shape index (κ2) is 7.08. The highest BCUT2D eigenvalue weighted by molar-refractivity contribution is 8.01. The van der Waals surface area contributed by atoms with Gasteiger partial charge >= 0.3 is 5.97 Å². The van der Waals surface area contributed by atoms with Crippen molar-refractivity contribution in [1.82, 2.24) is 25.5 Å². The van der Waals surface area contributed by atoms with Crippen LogP contribution in [-0.4, -0.2) is 72.2 Å². The lowest BCUT2D eigenvalue weighted by molar-refractivity contribution is -0.184. The molecule has 12 heteroatoms. The van der Waals surface area contributed by atoms with Gasteiger partial charge in [-0.15, -0.1) is 22.0 Å². The summed E-state index contributed by atoms with van der Waals surface area (Å²) in [6, 6.07) is 0. The van der Waals surface area contributed by atoms with Crippen molar-refractivity contribution in [2.24, 2.45) is 5.73 Å². The molecule has 10 nitrogen and oxygen atoms in total. The summed E-state index contributed by atoms with van der Waals surface area (Å²) in [6.07, 6.45) is 0. The number of hydrogen-bond acceptors (Lipinski definition) is 10. The molecule has 0 aliphatic carbocycles. The van der Waals surface area contributed by atoms with Gasteiger partial charge in [-0.2, -0.15) is 5.21 Å². The van der Waals surface area contributed by atoms with E-state index in [4.69, 9.17) is 15.2 Å². The number of β-lactam (4-membered cyclic amide) rings is 1. The molecule has 0 radical (unpaired) electrons. The van der Waals surface area contributed by atoms with Crippen LogP contribution in [0.2, 0.25) is 0 Å². The van der Waals surface area contributed by atoms with E-state index in [0.29, 0.717) is 10.9 Å². The zero-order valence-electron chi connectivity index (χ0n) is 15.7. The van der Waals surface area contributed by atoms with Crippen molar-refractivity contribution in [2.45, 2.75) is 54.8 Å². The summed E-state index contributed by atoms with van der Waals surface area (Å²) in [4.78, 5) is 27.0. The van der Waals surface area contributed by atoms with Gasteiger partial charge < -0.3 is 9.47 Å². The second-order valence-electron chi connectivity index (χ2n) is 7.17. The number of fused-ring (bicyclic) bond motifs is 1. The van der Waals surface area contributed by atoms with Crippen LogP contribution in [0.15, 0.2) is 16.4 Å². The Morgan fingerprint density at radius 3 is 2.78 bits per heavy atom. The van der Waals surface area contributed by atoms with Crippen molar-refractivity contribution in [3.63, 3.8) is 0 Å². The molecule has 0 saturated carbocycles. The number of aromatic nitrogens is 4. The number of esters is 1. The first kappa shape index (κ1) is 20.1. The number of methoxy groups -OCH3 is 1. The Labute approximate surface area is 165 Å². The molecule has 0 aromatic carbocycles. The highest BCUT2D eigenvalue weighted by Crippen LogP contribution is 2.47. The van der Waals surface area contributed by atoms with E-state index in [-0.39, 0.29) is 10.9 Å². The summed E-state index contributed by atoms with van der Waals surface area (Å²) >= 11 is 2.78. The lowest BCUT2D eigenvalue weighted by Gasteiger charge is -2.54. The molecular weight excluding hydrogens is 392 g/mol. The number of amides is 1. The van der Waals surface area contributed by atoms with Crippen LogP contribution in [-0.2, 0) is 19.1 Å². The van der Waals surface area contributed by atoms with Crippen LogP contribution in [0, 0.1) is 0 Å². The number of nitrogens with two attached hydrogens (primary N) is 1. The third-order valence-electron chi connectivity index (χ3n) is 4.13. The van der Waals surface area contributed by atoms with Gasteiger partial charge in [0, 0.05) is 18.1 Å². The molecule has 2 aliphatic rings. The monoisotopic (exact) mass is 414 g/mol. The summed E-state index contributed by atoms with van der Waals surface area (Å²) in [6.45, 7) is 7.24. The summed E-state index contributed by atoms with van der Waals surface area (Å²) in [7, 11) is 1.39. The molecule has 3 heterocycles.